The first-order valence-electron chi connectivity index (χ1n) is 9.00. The zero-order valence-electron chi connectivity index (χ0n) is 17.4. The second-order valence-corrected chi connectivity index (χ2v) is 7.78. The number of methoxy groups -OCH3 is 1. The second kappa shape index (κ2) is 10.9. The van der Waals surface area contributed by atoms with Gasteiger partial charge in [0.1, 0.15) is 0 Å². The Morgan fingerprint density at radius 2 is 1.72 bits per heavy atom. The molecule has 10 nitrogen and oxygen atoms in total. The van der Waals surface area contributed by atoms with Crippen molar-refractivity contribution in [2.24, 2.45) is 0 Å². The second-order valence-electron chi connectivity index (χ2n) is 6.50. The number of nitrogens with one attached hydrogen (secondary N) is 1. The first-order valence-corrected chi connectivity index (χ1v) is 10.4. The van der Waals surface area contributed by atoms with Gasteiger partial charge in [0.2, 0.25) is 6.79 Å². The number of benzene rings is 1. The van der Waals surface area contributed by atoms with E-state index in [4.69, 9.17) is 9.47 Å². The lowest BCUT2D eigenvalue weighted by atomic mass is 10.2. The molecule has 1 heterocycles. The normalized spacial score (nSPS) is 12.4. The fraction of sp³-hybridized carbons (Fsp3) is 0.556. The molecule has 1 aliphatic heterocycles. The van der Waals surface area contributed by atoms with Gasteiger partial charge >= 0.3 is 22.4 Å². The number of nitrogens with zero attached hydrogens (tertiary/aromatic N) is 1. The van der Waals surface area contributed by atoms with Crippen LogP contribution < -0.4 is 14.2 Å². The molecule has 0 atom stereocenters. The molecule has 0 saturated carbocycles. The van der Waals surface area contributed by atoms with Gasteiger partial charge in [-0.15, -0.1) is 0 Å². The lowest BCUT2D eigenvalue weighted by Crippen LogP contribution is -2.36. The van der Waals surface area contributed by atoms with E-state index in [2.05, 4.69) is 48.4 Å². The number of ether oxygens (including phenoxy) is 3. The van der Waals surface area contributed by atoms with Gasteiger partial charge in [-0.1, -0.05) is 6.92 Å². The van der Waals surface area contributed by atoms with Crippen molar-refractivity contribution in [1.29, 1.82) is 0 Å². The maximum Gasteiger partial charge on any atom is 0.423 e. The highest BCUT2D eigenvalue weighted by Gasteiger charge is 2.23. The summed E-state index contributed by atoms with van der Waals surface area (Å²) in [5, 5.41) is 0. The predicted molar refractivity (Wildman–Crippen MR) is 105 cm³/mol. The SMILES string of the molecule is CCN(C(C)C)C(C)C.COC(=O)NS(=O)(=O)OC(=O)c1ccc2c(c1)OCO2. The smallest absolute Gasteiger partial charge is 0.423 e. The maximum absolute atomic E-state index is 11.6. The van der Waals surface area contributed by atoms with Gasteiger partial charge in [-0.25, -0.2) is 9.59 Å². The zero-order valence-corrected chi connectivity index (χ0v) is 18.2. The molecular weight excluding hydrogens is 404 g/mol. The van der Waals surface area contributed by atoms with Gasteiger partial charge in [0.15, 0.2) is 11.5 Å². The third kappa shape index (κ3) is 7.78. The highest BCUT2D eigenvalue weighted by Crippen LogP contribution is 2.32. The third-order valence-corrected chi connectivity index (χ3v) is 4.67. The zero-order chi connectivity index (χ0) is 22.2. The van der Waals surface area contributed by atoms with E-state index in [1.165, 1.54) is 22.9 Å². The van der Waals surface area contributed by atoms with Crippen molar-refractivity contribution in [3.8, 4) is 11.5 Å². The number of hydrogen-bond donors (Lipinski definition) is 1. The lowest BCUT2D eigenvalue weighted by molar-refractivity contribution is 0.0743. The molecule has 0 aromatic heterocycles. The molecule has 1 aromatic carbocycles. The average molecular weight is 432 g/mol. The Morgan fingerprint density at radius 3 is 2.21 bits per heavy atom. The van der Waals surface area contributed by atoms with Crippen LogP contribution >= 0.6 is 0 Å². The summed E-state index contributed by atoms with van der Waals surface area (Å²) in [4.78, 5) is 24.9. The van der Waals surface area contributed by atoms with E-state index < -0.39 is 22.4 Å². The third-order valence-electron chi connectivity index (χ3n) is 3.88. The summed E-state index contributed by atoms with van der Waals surface area (Å²) in [5.74, 6) is -0.463. The monoisotopic (exact) mass is 432 g/mol. The molecule has 11 heteroatoms. The van der Waals surface area contributed by atoms with E-state index in [1.807, 2.05) is 0 Å². The van der Waals surface area contributed by atoms with Crippen LogP contribution in [0.5, 0.6) is 11.5 Å². The van der Waals surface area contributed by atoms with Crippen molar-refractivity contribution in [2.75, 3.05) is 20.4 Å². The number of amides is 1. The van der Waals surface area contributed by atoms with E-state index in [9.17, 15) is 18.0 Å². The molecule has 0 radical (unpaired) electrons. The minimum Gasteiger partial charge on any atom is -0.454 e. The highest BCUT2D eigenvalue weighted by atomic mass is 32.2. The van der Waals surface area contributed by atoms with E-state index in [0.29, 0.717) is 17.8 Å². The first kappa shape index (κ1) is 24.5. The topological polar surface area (TPSA) is 120 Å². The molecule has 1 N–H and O–H groups in total. The highest BCUT2D eigenvalue weighted by molar-refractivity contribution is 7.85. The van der Waals surface area contributed by atoms with Crippen LogP contribution in [-0.2, 0) is 19.2 Å². The van der Waals surface area contributed by atoms with Crippen molar-refractivity contribution in [1.82, 2.24) is 9.62 Å². The summed E-state index contributed by atoms with van der Waals surface area (Å²) in [7, 11) is -3.64. The average Bonchev–Trinajstić information content (AvgIpc) is 3.08. The fourth-order valence-corrected chi connectivity index (χ4v) is 3.29. The van der Waals surface area contributed by atoms with Crippen molar-refractivity contribution >= 4 is 22.4 Å². The van der Waals surface area contributed by atoms with E-state index in [1.54, 1.807) is 0 Å². The molecule has 164 valence electrons. The molecule has 2 rings (SSSR count). The molecular formula is C18H28N2O8S. The van der Waals surface area contributed by atoms with Crippen molar-refractivity contribution in [3.63, 3.8) is 0 Å². The molecule has 0 spiro atoms. The van der Waals surface area contributed by atoms with Crippen molar-refractivity contribution in [2.45, 2.75) is 46.7 Å². The van der Waals surface area contributed by atoms with Gasteiger partial charge in [0.25, 0.3) is 0 Å². The van der Waals surface area contributed by atoms with Crippen LogP contribution in [0.15, 0.2) is 18.2 Å². The predicted octanol–water partition coefficient (Wildman–Crippen LogP) is 2.30. The van der Waals surface area contributed by atoms with Crippen LogP contribution in [0, 0.1) is 0 Å². The molecule has 1 aliphatic rings. The summed E-state index contributed by atoms with van der Waals surface area (Å²) >= 11 is 0. The molecule has 0 fully saturated rings. The van der Waals surface area contributed by atoms with E-state index >= 15 is 0 Å². The first-order chi connectivity index (χ1) is 13.5. The van der Waals surface area contributed by atoms with Gasteiger partial charge in [-0.3, -0.25) is 4.90 Å². The van der Waals surface area contributed by atoms with Crippen LogP contribution in [-0.4, -0.2) is 57.9 Å². The Labute approximate surface area is 171 Å². The molecule has 1 aromatic rings. The molecule has 0 aliphatic carbocycles. The van der Waals surface area contributed by atoms with Crippen LogP contribution in [0.4, 0.5) is 4.79 Å². The van der Waals surface area contributed by atoms with Gasteiger partial charge in [0.05, 0.1) is 12.7 Å². The summed E-state index contributed by atoms with van der Waals surface area (Å²) in [6, 6.07) is 5.37. The number of carbonyl (C=O) groups excluding carboxylic acids is 2. The molecule has 29 heavy (non-hydrogen) atoms. The van der Waals surface area contributed by atoms with Crippen LogP contribution in [0.1, 0.15) is 45.0 Å². The summed E-state index contributed by atoms with van der Waals surface area (Å²) in [6.07, 6.45) is -1.27. The summed E-state index contributed by atoms with van der Waals surface area (Å²) in [5.41, 5.74) is -0.0792. The number of carbonyl (C=O) groups is 2. The van der Waals surface area contributed by atoms with Gasteiger partial charge in [-0.2, -0.15) is 13.1 Å². The Balaban J connectivity index is 0.000000396. The van der Waals surface area contributed by atoms with Crippen LogP contribution in [0.2, 0.25) is 0 Å². The van der Waals surface area contributed by atoms with Crippen molar-refractivity contribution in [3.05, 3.63) is 23.8 Å². The number of rotatable bonds is 6. The Kier molecular flexibility index (Phi) is 9.18. The summed E-state index contributed by atoms with van der Waals surface area (Å²) < 4.78 is 42.3. The Bertz CT molecular complexity index is 800. The van der Waals surface area contributed by atoms with Gasteiger partial charge in [-0.05, 0) is 52.4 Å². The molecule has 0 bridgehead atoms. The number of fused-ring (bicyclic) bond motifs is 1. The van der Waals surface area contributed by atoms with Gasteiger partial charge < -0.3 is 18.4 Å². The molecule has 0 saturated heterocycles. The Morgan fingerprint density at radius 1 is 1.14 bits per heavy atom. The van der Waals surface area contributed by atoms with E-state index in [0.717, 1.165) is 13.7 Å². The van der Waals surface area contributed by atoms with Crippen molar-refractivity contribution < 1.29 is 36.4 Å². The molecule has 0 unspecified atom stereocenters. The Hall–Kier alpha value is -2.53. The van der Waals surface area contributed by atoms with Crippen LogP contribution in [0.3, 0.4) is 0 Å². The van der Waals surface area contributed by atoms with Gasteiger partial charge in [0, 0.05) is 12.1 Å². The minimum atomic E-state index is -4.60. The standard InChI is InChI=1S/C10H9NO8S.C8H19N/c1-16-10(13)11-20(14,15)19-9(12)6-2-3-7-8(4-6)18-5-17-7;1-6-9(7(2)3)8(4)5/h2-4H,5H2,1H3,(H,11,13);7-8H,6H2,1-5H3. The molecule has 1 amide bonds. The fourth-order valence-electron chi connectivity index (χ4n) is 2.66. The van der Waals surface area contributed by atoms with Crippen LogP contribution in [0.25, 0.3) is 0 Å². The summed E-state index contributed by atoms with van der Waals surface area (Å²) in [6.45, 7) is 12.3. The maximum atomic E-state index is 11.6. The minimum absolute atomic E-state index is 0.00995. The quantitative estimate of drug-likeness (QED) is 0.722. The lowest BCUT2D eigenvalue weighted by Gasteiger charge is -2.28. The van der Waals surface area contributed by atoms with E-state index in [-0.39, 0.29) is 18.1 Å². The number of hydrogen-bond acceptors (Lipinski definition) is 9. The largest absolute Gasteiger partial charge is 0.454 e.